The van der Waals surface area contributed by atoms with Crippen LogP contribution in [0.3, 0.4) is 0 Å². The molecule has 0 aromatic heterocycles. The monoisotopic (exact) mass is 625 g/mol. The minimum Gasteiger partial charge on any atom is -0.310 e. The van der Waals surface area contributed by atoms with E-state index < -0.39 is 0 Å². The summed E-state index contributed by atoms with van der Waals surface area (Å²) in [5, 5.41) is 0. The summed E-state index contributed by atoms with van der Waals surface area (Å²) in [6.07, 6.45) is 14.7. The summed E-state index contributed by atoms with van der Waals surface area (Å²) in [7, 11) is 0. The molecule has 5 aromatic carbocycles. The first-order valence-corrected chi connectivity index (χ1v) is 19.1. The Bertz CT molecular complexity index is 2010. The van der Waals surface area contributed by atoms with Crippen molar-refractivity contribution in [1.82, 2.24) is 0 Å². The Kier molecular flexibility index (Phi) is 6.59. The highest BCUT2D eigenvalue weighted by Crippen LogP contribution is 2.65. The first-order chi connectivity index (χ1) is 23.7. The zero-order valence-corrected chi connectivity index (χ0v) is 28.4. The molecule has 5 aliphatic rings. The average Bonchev–Trinajstić information content (AvgIpc) is 3.81. The third-order valence-electron chi connectivity index (χ3n) is 13.9. The molecule has 0 radical (unpaired) electrons. The smallest absolute Gasteiger partial charge is 0.0465 e. The van der Waals surface area contributed by atoms with Crippen molar-refractivity contribution in [3.8, 4) is 22.3 Å². The molecule has 3 fully saturated rings. The minimum absolute atomic E-state index is 0.125. The van der Waals surface area contributed by atoms with Gasteiger partial charge in [0.15, 0.2) is 0 Å². The van der Waals surface area contributed by atoms with Gasteiger partial charge >= 0.3 is 0 Å². The molecule has 5 aliphatic carbocycles. The lowest BCUT2D eigenvalue weighted by atomic mass is 9.55. The number of rotatable bonds is 4. The normalized spacial score (nSPS) is 25.7. The number of anilines is 3. The third kappa shape index (κ3) is 3.91. The lowest BCUT2D eigenvalue weighted by Gasteiger charge is -2.48. The fourth-order valence-corrected chi connectivity index (χ4v) is 11.9. The van der Waals surface area contributed by atoms with Gasteiger partial charge in [-0.25, -0.2) is 0 Å². The van der Waals surface area contributed by atoms with Crippen LogP contribution in [0.4, 0.5) is 17.1 Å². The molecule has 3 saturated carbocycles. The standard InChI is InChI=1S/C47H47N/c1-2-32-21-22-33-13-12-14-34(29-32)47(33)43-20-9-7-18-39(43)41-26-24-37(31-45(41)47)48(35-15-4-3-5-16-35)36-23-25-40-38-17-6-8-19-42(38)46(44(40)30-36)27-10-11-28-46/h3-9,15-20,23-26,30-34H,2,10-14,21-22,27-29H2,1H3. The molecule has 1 heteroatoms. The molecular weight excluding hydrogens is 579 g/mol. The van der Waals surface area contributed by atoms with Crippen LogP contribution in [-0.2, 0) is 10.8 Å². The fourth-order valence-electron chi connectivity index (χ4n) is 11.9. The number of benzene rings is 5. The molecule has 0 aliphatic heterocycles. The van der Waals surface area contributed by atoms with Crippen molar-refractivity contribution in [3.63, 3.8) is 0 Å². The van der Waals surface area contributed by atoms with Crippen molar-refractivity contribution in [2.75, 3.05) is 4.90 Å². The Balaban J connectivity index is 1.17. The largest absolute Gasteiger partial charge is 0.310 e. The van der Waals surface area contributed by atoms with Crippen molar-refractivity contribution >= 4 is 17.1 Å². The van der Waals surface area contributed by atoms with Crippen molar-refractivity contribution in [1.29, 1.82) is 0 Å². The Labute approximate surface area is 287 Å². The van der Waals surface area contributed by atoms with Gasteiger partial charge in [0.05, 0.1) is 0 Å². The van der Waals surface area contributed by atoms with Crippen molar-refractivity contribution in [2.45, 2.75) is 88.4 Å². The van der Waals surface area contributed by atoms with Gasteiger partial charge in [0.25, 0.3) is 0 Å². The molecule has 0 amide bonds. The van der Waals surface area contributed by atoms with Gasteiger partial charge in [0.1, 0.15) is 0 Å². The van der Waals surface area contributed by atoms with E-state index in [1.165, 1.54) is 110 Å². The van der Waals surface area contributed by atoms with E-state index in [4.69, 9.17) is 0 Å². The van der Waals surface area contributed by atoms with Crippen molar-refractivity contribution < 1.29 is 0 Å². The predicted octanol–water partition coefficient (Wildman–Crippen LogP) is 12.9. The second-order valence-corrected chi connectivity index (χ2v) is 15.8. The van der Waals surface area contributed by atoms with Crippen LogP contribution in [0.15, 0.2) is 115 Å². The molecule has 1 nitrogen and oxygen atoms in total. The van der Waals surface area contributed by atoms with Crippen LogP contribution in [-0.4, -0.2) is 0 Å². The molecule has 4 atom stereocenters. The highest BCUT2D eigenvalue weighted by molar-refractivity contribution is 5.88. The van der Waals surface area contributed by atoms with Crippen LogP contribution >= 0.6 is 0 Å². The second kappa shape index (κ2) is 11.0. The third-order valence-corrected chi connectivity index (χ3v) is 13.9. The van der Waals surface area contributed by atoms with Gasteiger partial charge in [-0.05, 0) is 137 Å². The Morgan fingerprint density at radius 2 is 1.12 bits per heavy atom. The maximum absolute atomic E-state index is 2.66. The number of nitrogens with zero attached hydrogens (tertiary/aromatic N) is 1. The summed E-state index contributed by atoms with van der Waals surface area (Å²) in [6.45, 7) is 2.43. The van der Waals surface area contributed by atoms with Crippen LogP contribution in [0.5, 0.6) is 0 Å². The lowest BCUT2D eigenvalue weighted by Crippen LogP contribution is -2.44. The zero-order valence-electron chi connectivity index (χ0n) is 28.4. The fraction of sp³-hybridized carbons (Fsp3) is 0.362. The van der Waals surface area contributed by atoms with Gasteiger partial charge in [-0.2, -0.15) is 0 Å². The summed E-state index contributed by atoms with van der Waals surface area (Å²) in [5.41, 5.74) is 16.4. The molecule has 240 valence electrons. The number of para-hydroxylation sites is 1. The topological polar surface area (TPSA) is 3.24 Å². The second-order valence-electron chi connectivity index (χ2n) is 15.8. The summed E-state index contributed by atoms with van der Waals surface area (Å²) in [4.78, 5) is 2.57. The quantitative estimate of drug-likeness (QED) is 0.192. The summed E-state index contributed by atoms with van der Waals surface area (Å²) in [6, 6.07) is 45.0. The highest BCUT2D eigenvalue weighted by Gasteiger charge is 2.56. The van der Waals surface area contributed by atoms with Gasteiger partial charge in [0.2, 0.25) is 0 Å². The molecule has 2 bridgehead atoms. The predicted molar refractivity (Wildman–Crippen MR) is 200 cm³/mol. The zero-order chi connectivity index (χ0) is 31.9. The molecule has 10 rings (SSSR count). The van der Waals surface area contributed by atoms with E-state index in [2.05, 4.69) is 127 Å². The molecule has 48 heavy (non-hydrogen) atoms. The van der Waals surface area contributed by atoms with E-state index in [0.29, 0.717) is 5.92 Å². The van der Waals surface area contributed by atoms with Crippen LogP contribution in [0, 0.1) is 17.8 Å². The van der Waals surface area contributed by atoms with Gasteiger partial charge in [-0.3, -0.25) is 0 Å². The van der Waals surface area contributed by atoms with E-state index in [1.54, 1.807) is 22.3 Å². The maximum Gasteiger partial charge on any atom is 0.0465 e. The maximum atomic E-state index is 2.66. The SMILES string of the molecule is CCC1CCC2CCCC(C1)C21c2ccccc2-c2ccc(N(c3ccccc3)c3ccc4c(c3)C3(CCCC3)c3ccccc3-4)cc21. The number of hydrogen-bond acceptors (Lipinski definition) is 1. The molecule has 0 N–H and O–H groups in total. The van der Waals surface area contributed by atoms with Crippen LogP contribution in [0.25, 0.3) is 22.3 Å². The molecule has 2 spiro atoms. The first kappa shape index (κ1) is 28.9. The van der Waals surface area contributed by atoms with E-state index >= 15 is 0 Å². The average molecular weight is 626 g/mol. The molecular formula is C47H47N. The summed E-state index contributed by atoms with van der Waals surface area (Å²) < 4.78 is 0. The van der Waals surface area contributed by atoms with E-state index in [0.717, 1.165) is 11.8 Å². The van der Waals surface area contributed by atoms with Crippen LogP contribution < -0.4 is 4.90 Å². The van der Waals surface area contributed by atoms with E-state index in [9.17, 15) is 0 Å². The molecule has 5 aromatic rings. The molecule has 0 heterocycles. The van der Waals surface area contributed by atoms with Gasteiger partial charge in [0, 0.05) is 27.9 Å². The summed E-state index contributed by atoms with van der Waals surface area (Å²) in [5.74, 6) is 2.29. The number of fused-ring (bicyclic) bond motifs is 8. The van der Waals surface area contributed by atoms with Gasteiger partial charge in [-0.1, -0.05) is 118 Å². The Morgan fingerprint density at radius 3 is 1.88 bits per heavy atom. The Morgan fingerprint density at radius 1 is 0.521 bits per heavy atom. The minimum atomic E-state index is 0.125. The van der Waals surface area contributed by atoms with Gasteiger partial charge in [-0.15, -0.1) is 0 Å². The first-order valence-electron chi connectivity index (χ1n) is 19.1. The van der Waals surface area contributed by atoms with Crippen molar-refractivity contribution in [2.24, 2.45) is 17.8 Å². The van der Waals surface area contributed by atoms with Crippen molar-refractivity contribution in [3.05, 3.63) is 138 Å². The summed E-state index contributed by atoms with van der Waals surface area (Å²) >= 11 is 0. The van der Waals surface area contributed by atoms with E-state index in [-0.39, 0.29) is 10.8 Å². The molecule has 4 unspecified atom stereocenters. The lowest BCUT2D eigenvalue weighted by molar-refractivity contribution is 0.144. The molecule has 0 saturated heterocycles. The van der Waals surface area contributed by atoms with E-state index in [1.807, 2.05) is 0 Å². The highest BCUT2D eigenvalue weighted by atomic mass is 15.1. The van der Waals surface area contributed by atoms with Crippen LogP contribution in [0.2, 0.25) is 0 Å². The Hall–Kier alpha value is -4.10. The van der Waals surface area contributed by atoms with Gasteiger partial charge < -0.3 is 4.90 Å². The number of hydrogen-bond donors (Lipinski definition) is 0. The van der Waals surface area contributed by atoms with Crippen LogP contribution in [0.1, 0.15) is 99.8 Å².